The van der Waals surface area contributed by atoms with E-state index in [0.29, 0.717) is 18.2 Å². The van der Waals surface area contributed by atoms with Gasteiger partial charge in [-0.3, -0.25) is 4.90 Å². The minimum absolute atomic E-state index is 0.102. The minimum atomic E-state index is -0.336. The van der Waals surface area contributed by atoms with Crippen molar-refractivity contribution in [2.24, 2.45) is 0 Å². The third-order valence-electron chi connectivity index (χ3n) is 5.53. The molecule has 1 N–H and O–H groups in total. The summed E-state index contributed by atoms with van der Waals surface area (Å²) in [5.41, 5.74) is 3.03. The van der Waals surface area contributed by atoms with Crippen LogP contribution < -0.4 is 4.90 Å². The minimum Gasteiger partial charge on any atom is -0.395 e. The molecule has 0 saturated heterocycles. The number of carbonyl (C=O) groups excluding carboxylic acids is 1. The fourth-order valence-electron chi connectivity index (χ4n) is 3.86. The summed E-state index contributed by atoms with van der Waals surface area (Å²) in [6, 6.07) is 14.2. The van der Waals surface area contributed by atoms with Crippen LogP contribution in [0.2, 0.25) is 0 Å². The summed E-state index contributed by atoms with van der Waals surface area (Å²) in [5.74, 6) is 0.310. The van der Waals surface area contributed by atoms with Gasteiger partial charge in [-0.2, -0.15) is 0 Å². The summed E-state index contributed by atoms with van der Waals surface area (Å²) < 4.78 is 13.3. The highest BCUT2D eigenvalue weighted by atomic mass is 19.1. The molecule has 0 aliphatic heterocycles. The number of nitrogens with zero attached hydrogens (tertiary/aromatic N) is 2. The van der Waals surface area contributed by atoms with Crippen molar-refractivity contribution in [3.8, 4) is 0 Å². The molecule has 28 heavy (non-hydrogen) atoms. The summed E-state index contributed by atoms with van der Waals surface area (Å²) in [6.45, 7) is 0.540. The molecule has 1 fully saturated rings. The van der Waals surface area contributed by atoms with E-state index in [4.69, 9.17) is 5.11 Å². The van der Waals surface area contributed by atoms with E-state index in [0.717, 1.165) is 5.56 Å². The third-order valence-corrected chi connectivity index (χ3v) is 5.53. The van der Waals surface area contributed by atoms with Crippen LogP contribution in [0.3, 0.4) is 0 Å². The van der Waals surface area contributed by atoms with Crippen LogP contribution in [-0.4, -0.2) is 36.2 Å². The Kier molecular flexibility index (Phi) is 7.04. The van der Waals surface area contributed by atoms with E-state index in [1.165, 1.54) is 54.7 Å². The lowest BCUT2D eigenvalue weighted by molar-refractivity contribution is 0.196. The number of urea groups is 1. The fourth-order valence-corrected chi connectivity index (χ4v) is 3.86. The van der Waals surface area contributed by atoms with Crippen molar-refractivity contribution in [1.82, 2.24) is 4.90 Å². The number of hydrogen-bond donors (Lipinski definition) is 1. The van der Waals surface area contributed by atoms with Gasteiger partial charge in [-0.15, -0.1) is 0 Å². The fraction of sp³-hybridized carbons (Fsp3) is 0.435. The lowest BCUT2D eigenvalue weighted by Gasteiger charge is -2.28. The molecule has 0 unspecified atom stereocenters. The summed E-state index contributed by atoms with van der Waals surface area (Å²) >= 11 is 0. The van der Waals surface area contributed by atoms with Crippen molar-refractivity contribution in [1.29, 1.82) is 0 Å². The second-order valence-electron chi connectivity index (χ2n) is 7.57. The van der Waals surface area contributed by atoms with Crippen molar-refractivity contribution in [2.45, 2.75) is 44.6 Å². The van der Waals surface area contributed by atoms with Gasteiger partial charge in [0.1, 0.15) is 5.82 Å². The first-order valence-corrected chi connectivity index (χ1v) is 10.1. The second-order valence-corrected chi connectivity index (χ2v) is 7.57. The Morgan fingerprint density at radius 1 is 1.04 bits per heavy atom. The molecule has 0 bridgehead atoms. The van der Waals surface area contributed by atoms with Crippen LogP contribution >= 0.6 is 0 Å². The van der Waals surface area contributed by atoms with E-state index in [-0.39, 0.29) is 25.0 Å². The molecule has 0 aromatic heterocycles. The number of anilines is 1. The van der Waals surface area contributed by atoms with Crippen LogP contribution in [0.4, 0.5) is 14.9 Å². The summed E-state index contributed by atoms with van der Waals surface area (Å²) in [7, 11) is 1.65. The molecule has 2 aromatic carbocycles. The van der Waals surface area contributed by atoms with Gasteiger partial charge in [-0.05, 0) is 54.2 Å². The van der Waals surface area contributed by atoms with E-state index < -0.39 is 0 Å². The molecule has 4 nitrogen and oxygen atoms in total. The molecule has 1 aliphatic rings. The van der Waals surface area contributed by atoms with E-state index >= 15 is 0 Å². The van der Waals surface area contributed by atoms with Gasteiger partial charge < -0.3 is 10.0 Å². The zero-order chi connectivity index (χ0) is 19.9. The standard InChI is InChI=1S/C23H29FN2O2/c1-25(15-16-27)23(28)26(22-13-11-21(24)12-14-22)17-18-7-9-20(10-8-18)19-5-3-2-4-6-19/h7-14,19,27H,2-6,15-17H2,1H3. The lowest BCUT2D eigenvalue weighted by atomic mass is 9.84. The van der Waals surface area contributed by atoms with E-state index in [9.17, 15) is 9.18 Å². The van der Waals surface area contributed by atoms with Gasteiger partial charge in [0.25, 0.3) is 0 Å². The zero-order valence-corrected chi connectivity index (χ0v) is 16.5. The van der Waals surface area contributed by atoms with Gasteiger partial charge >= 0.3 is 6.03 Å². The molecule has 2 amide bonds. The molecule has 3 rings (SSSR count). The number of benzene rings is 2. The summed E-state index contributed by atoms with van der Waals surface area (Å²) in [5, 5.41) is 9.16. The van der Waals surface area contributed by atoms with Gasteiger partial charge in [-0.25, -0.2) is 9.18 Å². The second kappa shape index (κ2) is 9.69. The van der Waals surface area contributed by atoms with Gasteiger partial charge in [0.05, 0.1) is 13.2 Å². The predicted octanol–water partition coefficient (Wildman–Crippen LogP) is 4.92. The maximum Gasteiger partial charge on any atom is 0.324 e. The third kappa shape index (κ3) is 5.10. The van der Waals surface area contributed by atoms with Crippen LogP contribution in [0.25, 0.3) is 0 Å². The molecule has 1 saturated carbocycles. The Morgan fingerprint density at radius 3 is 2.29 bits per heavy atom. The molecule has 5 heteroatoms. The number of halogens is 1. The van der Waals surface area contributed by atoms with Gasteiger partial charge in [0, 0.05) is 19.3 Å². The van der Waals surface area contributed by atoms with Gasteiger partial charge in [0.15, 0.2) is 0 Å². The maximum atomic E-state index is 13.3. The van der Waals surface area contributed by atoms with Crippen LogP contribution in [-0.2, 0) is 6.54 Å². The summed E-state index contributed by atoms with van der Waals surface area (Å²) in [6.07, 6.45) is 6.45. The average molecular weight is 384 g/mol. The topological polar surface area (TPSA) is 43.8 Å². The van der Waals surface area contributed by atoms with Crippen molar-refractivity contribution in [3.05, 3.63) is 65.5 Å². The maximum absolute atomic E-state index is 13.3. The van der Waals surface area contributed by atoms with Crippen molar-refractivity contribution < 1.29 is 14.3 Å². The molecule has 150 valence electrons. The summed E-state index contributed by atoms with van der Waals surface area (Å²) in [4.78, 5) is 16.0. The molecular weight excluding hydrogens is 355 g/mol. The Hall–Kier alpha value is -2.40. The first-order valence-electron chi connectivity index (χ1n) is 10.1. The number of aliphatic hydroxyl groups is 1. The number of rotatable bonds is 6. The SMILES string of the molecule is CN(CCO)C(=O)N(Cc1ccc(C2CCCCC2)cc1)c1ccc(F)cc1. The predicted molar refractivity (Wildman–Crippen MR) is 110 cm³/mol. The molecular formula is C23H29FN2O2. The van der Waals surface area contributed by atoms with Gasteiger partial charge in [0.2, 0.25) is 0 Å². The monoisotopic (exact) mass is 384 g/mol. The zero-order valence-electron chi connectivity index (χ0n) is 16.5. The first-order chi connectivity index (χ1) is 13.6. The number of aliphatic hydroxyl groups excluding tert-OH is 1. The number of carbonyl (C=O) groups is 1. The van der Waals surface area contributed by atoms with Crippen molar-refractivity contribution >= 4 is 11.7 Å². The Balaban J connectivity index is 1.78. The Morgan fingerprint density at radius 2 is 1.68 bits per heavy atom. The Bertz CT molecular complexity index is 755. The van der Waals surface area contributed by atoms with Crippen LogP contribution in [0.5, 0.6) is 0 Å². The highest BCUT2D eigenvalue weighted by Crippen LogP contribution is 2.32. The molecule has 0 spiro atoms. The van der Waals surface area contributed by atoms with Crippen molar-refractivity contribution in [2.75, 3.05) is 25.1 Å². The molecule has 2 aromatic rings. The number of amides is 2. The van der Waals surface area contributed by atoms with Gasteiger partial charge in [-0.1, -0.05) is 43.5 Å². The van der Waals surface area contributed by atoms with E-state index in [2.05, 4.69) is 24.3 Å². The average Bonchev–Trinajstić information content (AvgIpc) is 2.73. The smallest absolute Gasteiger partial charge is 0.324 e. The number of hydrogen-bond acceptors (Lipinski definition) is 2. The highest BCUT2D eigenvalue weighted by Gasteiger charge is 2.21. The van der Waals surface area contributed by atoms with E-state index in [1.807, 2.05) is 0 Å². The first kappa shape index (κ1) is 20.3. The molecule has 1 aliphatic carbocycles. The van der Waals surface area contributed by atoms with Crippen LogP contribution in [0, 0.1) is 5.82 Å². The van der Waals surface area contributed by atoms with E-state index in [1.54, 1.807) is 24.1 Å². The lowest BCUT2D eigenvalue weighted by Crippen LogP contribution is -2.42. The highest BCUT2D eigenvalue weighted by molar-refractivity contribution is 5.91. The molecule has 0 atom stereocenters. The van der Waals surface area contributed by atoms with Crippen LogP contribution in [0.1, 0.15) is 49.1 Å². The normalized spacial score (nSPS) is 14.7. The molecule has 0 radical (unpaired) electrons. The largest absolute Gasteiger partial charge is 0.395 e. The number of likely N-dealkylation sites (N-methyl/N-ethyl adjacent to an activating group) is 1. The Labute approximate surface area is 166 Å². The van der Waals surface area contributed by atoms with Crippen LogP contribution in [0.15, 0.2) is 48.5 Å². The van der Waals surface area contributed by atoms with Crippen molar-refractivity contribution in [3.63, 3.8) is 0 Å². The molecule has 0 heterocycles. The quantitative estimate of drug-likeness (QED) is 0.768.